The van der Waals surface area contributed by atoms with Crippen molar-refractivity contribution in [3.8, 4) is 11.5 Å². The first-order valence-corrected chi connectivity index (χ1v) is 9.22. The van der Waals surface area contributed by atoms with Crippen LogP contribution in [0.1, 0.15) is 41.4 Å². The zero-order chi connectivity index (χ0) is 17.8. The van der Waals surface area contributed by atoms with E-state index in [1.165, 1.54) is 11.1 Å². The Hall–Kier alpha value is -1.42. The lowest BCUT2D eigenvalue weighted by molar-refractivity contribution is 0.254. The van der Waals surface area contributed by atoms with E-state index in [1.807, 2.05) is 19.2 Å². The van der Waals surface area contributed by atoms with E-state index in [-0.39, 0.29) is 12.4 Å². The molecule has 2 aromatic rings. The second-order valence-corrected chi connectivity index (χ2v) is 7.13. The summed E-state index contributed by atoms with van der Waals surface area (Å²) in [4.78, 5) is 0. The lowest BCUT2D eigenvalue weighted by Crippen LogP contribution is -2.22. The average molecular weight is 396 g/mol. The molecule has 0 saturated heterocycles. The van der Waals surface area contributed by atoms with E-state index in [4.69, 9.17) is 21.1 Å². The highest BCUT2D eigenvalue weighted by atomic mass is 35.5. The molecule has 0 bridgehead atoms. The summed E-state index contributed by atoms with van der Waals surface area (Å²) in [5.74, 6) is 2.79. The first-order valence-electron chi connectivity index (χ1n) is 8.84. The van der Waals surface area contributed by atoms with Crippen molar-refractivity contribution in [1.82, 2.24) is 5.32 Å². The number of ether oxygens (including phenoxy) is 2. The molecule has 0 amide bonds. The predicted molar refractivity (Wildman–Crippen MR) is 111 cm³/mol. The Labute approximate surface area is 167 Å². The highest BCUT2D eigenvalue weighted by Gasteiger charge is 2.27. The lowest BCUT2D eigenvalue weighted by Gasteiger charge is -2.31. The van der Waals surface area contributed by atoms with E-state index in [0.29, 0.717) is 11.8 Å². The topological polar surface area (TPSA) is 30.5 Å². The molecular weight excluding hydrogens is 369 g/mol. The second kappa shape index (κ2) is 9.50. The summed E-state index contributed by atoms with van der Waals surface area (Å²) in [6.45, 7) is 3.76. The Kier molecular flexibility index (Phi) is 7.63. The molecule has 0 aromatic heterocycles. The highest BCUT2D eigenvalue weighted by Crippen LogP contribution is 2.43. The van der Waals surface area contributed by atoms with Crippen LogP contribution in [0.3, 0.4) is 0 Å². The normalized spacial score (nSPS) is 16.8. The van der Waals surface area contributed by atoms with Crippen molar-refractivity contribution in [3.63, 3.8) is 0 Å². The summed E-state index contributed by atoms with van der Waals surface area (Å²) in [5, 5.41) is 4.13. The molecule has 0 fully saturated rings. The number of hydrogen-bond acceptors (Lipinski definition) is 3. The van der Waals surface area contributed by atoms with Gasteiger partial charge in [0.1, 0.15) is 11.5 Å². The van der Waals surface area contributed by atoms with Crippen LogP contribution in [0, 0.1) is 6.92 Å². The van der Waals surface area contributed by atoms with Gasteiger partial charge in [0.15, 0.2) is 0 Å². The smallest absolute Gasteiger partial charge is 0.129 e. The molecule has 5 heteroatoms. The summed E-state index contributed by atoms with van der Waals surface area (Å²) in [5.41, 5.74) is 3.69. The molecule has 1 aliphatic heterocycles. The van der Waals surface area contributed by atoms with Gasteiger partial charge in [0.05, 0.1) is 13.7 Å². The molecule has 0 radical (unpaired) electrons. The fraction of sp³-hybridized carbons (Fsp3) is 0.429. The van der Waals surface area contributed by atoms with Crippen molar-refractivity contribution in [2.24, 2.45) is 0 Å². The Morgan fingerprint density at radius 1 is 1.31 bits per heavy atom. The Bertz CT molecular complexity index is 736. The lowest BCUT2D eigenvalue weighted by atomic mass is 9.81. The van der Waals surface area contributed by atoms with Gasteiger partial charge in [-0.15, -0.1) is 12.4 Å². The van der Waals surface area contributed by atoms with E-state index in [0.717, 1.165) is 48.1 Å². The van der Waals surface area contributed by atoms with Crippen molar-refractivity contribution in [2.45, 2.75) is 31.6 Å². The quantitative estimate of drug-likeness (QED) is 0.715. The molecule has 1 heterocycles. The van der Waals surface area contributed by atoms with Gasteiger partial charge in [0.25, 0.3) is 0 Å². The summed E-state index contributed by atoms with van der Waals surface area (Å²) in [7, 11) is 3.71. The molecular formula is C21H27Cl2NO2. The van der Waals surface area contributed by atoms with Crippen molar-refractivity contribution in [2.75, 3.05) is 27.3 Å². The van der Waals surface area contributed by atoms with E-state index < -0.39 is 0 Å². The van der Waals surface area contributed by atoms with Crippen LogP contribution in [0.5, 0.6) is 11.5 Å². The number of methoxy groups -OCH3 is 1. The van der Waals surface area contributed by atoms with Gasteiger partial charge in [-0.3, -0.25) is 0 Å². The highest BCUT2D eigenvalue weighted by molar-refractivity contribution is 6.30. The summed E-state index contributed by atoms with van der Waals surface area (Å²) < 4.78 is 11.4. The van der Waals surface area contributed by atoms with Gasteiger partial charge in [-0.25, -0.2) is 0 Å². The van der Waals surface area contributed by atoms with E-state index in [9.17, 15) is 0 Å². The zero-order valence-corrected chi connectivity index (χ0v) is 17.1. The molecule has 2 unspecified atom stereocenters. The van der Waals surface area contributed by atoms with Gasteiger partial charge < -0.3 is 14.8 Å². The number of hydrogen-bond donors (Lipinski definition) is 1. The van der Waals surface area contributed by atoms with Crippen LogP contribution in [-0.2, 0) is 0 Å². The largest absolute Gasteiger partial charge is 0.496 e. The third-order valence-electron chi connectivity index (χ3n) is 5.10. The van der Waals surface area contributed by atoms with Gasteiger partial charge >= 0.3 is 0 Å². The van der Waals surface area contributed by atoms with Crippen LogP contribution in [0.4, 0.5) is 0 Å². The Morgan fingerprint density at radius 2 is 2.12 bits per heavy atom. The number of rotatable bonds is 6. The fourth-order valence-corrected chi connectivity index (χ4v) is 4.02. The summed E-state index contributed by atoms with van der Waals surface area (Å²) in [6.07, 6.45) is 2.11. The number of halogens is 2. The van der Waals surface area contributed by atoms with E-state index in [2.05, 4.69) is 36.5 Å². The van der Waals surface area contributed by atoms with Crippen LogP contribution in [0.2, 0.25) is 5.02 Å². The molecule has 3 rings (SSSR count). The van der Waals surface area contributed by atoms with Gasteiger partial charge in [0.2, 0.25) is 0 Å². The van der Waals surface area contributed by atoms with Gasteiger partial charge in [-0.1, -0.05) is 29.8 Å². The maximum absolute atomic E-state index is 6.21. The molecule has 0 aliphatic carbocycles. The minimum Gasteiger partial charge on any atom is -0.496 e. The first-order chi connectivity index (χ1) is 12.1. The molecule has 3 nitrogen and oxygen atoms in total. The third kappa shape index (κ3) is 4.46. The fourth-order valence-electron chi connectivity index (χ4n) is 3.82. The van der Waals surface area contributed by atoms with Crippen molar-refractivity contribution in [1.29, 1.82) is 0 Å². The van der Waals surface area contributed by atoms with Gasteiger partial charge in [0, 0.05) is 17.1 Å². The van der Waals surface area contributed by atoms with Gasteiger partial charge in [-0.2, -0.15) is 0 Å². The van der Waals surface area contributed by atoms with Crippen LogP contribution in [-0.4, -0.2) is 27.3 Å². The molecule has 0 saturated carbocycles. The minimum absolute atomic E-state index is 0. The SMILES string of the molecule is CNCC(CC1CCOc2c1ccc(OC)c2C)c1cccc(Cl)c1.Cl. The van der Waals surface area contributed by atoms with Gasteiger partial charge in [-0.05, 0) is 68.0 Å². The Morgan fingerprint density at radius 3 is 2.81 bits per heavy atom. The molecule has 142 valence electrons. The summed E-state index contributed by atoms with van der Waals surface area (Å²) >= 11 is 6.21. The number of nitrogens with one attached hydrogen (secondary N) is 1. The van der Waals surface area contributed by atoms with Crippen LogP contribution < -0.4 is 14.8 Å². The first kappa shape index (κ1) is 20.9. The molecule has 0 spiro atoms. The zero-order valence-electron chi connectivity index (χ0n) is 15.5. The molecule has 1 aliphatic rings. The third-order valence-corrected chi connectivity index (χ3v) is 5.33. The van der Waals surface area contributed by atoms with Crippen molar-refractivity contribution < 1.29 is 9.47 Å². The average Bonchev–Trinajstić information content (AvgIpc) is 2.62. The number of likely N-dealkylation sites (N-methyl/N-ethyl adjacent to an activating group) is 1. The minimum atomic E-state index is 0. The molecule has 1 N–H and O–H groups in total. The monoisotopic (exact) mass is 395 g/mol. The van der Waals surface area contributed by atoms with Crippen molar-refractivity contribution >= 4 is 24.0 Å². The summed E-state index contributed by atoms with van der Waals surface area (Å²) in [6, 6.07) is 12.5. The molecule has 2 atom stereocenters. The predicted octanol–water partition coefficient (Wildman–Crippen LogP) is 5.34. The number of fused-ring (bicyclic) bond motifs is 1. The van der Waals surface area contributed by atoms with Crippen molar-refractivity contribution in [3.05, 3.63) is 58.1 Å². The maximum Gasteiger partial charge on any atom is 0.129 e. The maximum atomic E-state index is 6.21. The Balaban J connectivity index is 0.00000243. The second-order valence-electron chi connectivity index (χ2n) is 6.69. The van der Waals surface area contributed by atoms with E-state index >= 15 is 0 Å². The molecule has 26 heavy (non-hydrogen) atoms. The number of benzene rings is 2. The standard InChI is InChI=1S/C21H26ClNO2.ClH/c1-14-20(24-3)8-7-19-16(9-10-25-21(14)19)11-17(13-23-2)15-5-4-6-18(22)12-15;/h4-8,12,16-17,23H,9-11,13H2,1-3H3;1H. The molecule has 2 aromatic carbocycles. The van der Waals surface area contributed by atoms with E-state index in [1.54, 1.807) is 7.11 Å². The van der Waals surface area contributed by atoms with Crippen LogP contribution in [0.15, 0.2) is 36.4 Å². The van der Waals surface area contributed by atoms with Crippen LogP contribution >= 0.6 is 24.0 Å². The van der Waals surface area contributed by atoms with Crippen LogP contribution in [0.25, 0.3) is 0 Å².